The molecule has 0 saturated carbocycles. The molecular formula is C23H35N3O4. The number of esters is 1. The van der Waals surface area contributed by atoms with Gasteiger partial charge in [0, 0.05) is 43.7 Å². The Hall–Kier alpha value is -2.54. The van der Waals surface area contributed by atoms with Crippen molar-refractivity contribution < 1.29 is 19.1 Å². The minimum Gasteiger partial charge on any atom is -0.460 e. The average molecular weight is 418 g/mol. The molecule has 1 aromatic carbocycles. The Morgan fingerprint density at radius 3 is 2.47 bits per heavy atom. The van der Waals surface area contributed by atoms with Gasteiger partial charge in [-0.15, -0.1) is 0 Å². The molecule has 0 saturated heterocycles. The average Bonchev–Trinajstić information content (AvgIpc) is 3.06. The summed E-state index contributed by atoms with van der Waals surface area (Å²) in [7, 11) is 5.78. The number of hydrogen-bond donors (Lipinski definition) is 1. The van der Waals surface area contributed by atoms with Crippen LogP contribution in [-0.4, -0.2) is 66.7 Å². The summed E-state index contributed by atoms with van der Waals surface area (Å²) in [5.41, 5.74) is 1.61. The highest BCUT2D eigenvalue weighted by atomic mass is 16.6. The van der Waals surface area contributed by atoms with Gasteiger partial charge in [-0.3, -0.25) is 4.79 Å². The highest BCUT2D eigenvalue weighted by Gasteiger charge is 2.18. The van der Waals surface area contributed by atoms with E-state index in [1.807, 2.05) is 59.3 Å². The number of nitrogens with one attached hydrogen (secondary N) is 1. The summed E-state index contributed by atoms with van der Waals surface area (Å²) in [4.78, 5) is 31.3. The molecule has 1 heterocycles. The largest absolute Gasteiger partial charge is 0.460 e. The summed E-state index contributed by atoms with van der Waals surface area (Å²) in [5, 5.41) is 0.950. The molecule has 1 N–H and O–H groups in total. The van der Waals surface area contributed by atoms with Crippen LogP contribution < -0.4 is 4.74 Å². The van der Waals surface area contributed by atoms with Crippen LogP contribution in [-0.2, 0) is 16.0 Å². The summed E-state index contributed by atoms with van der Waals surface area (Å²) < 4.78 is 11.0. The molecule has 0 aliphatic carbocycles. The van der Waals surface area contributed by atoms with E-state index in [1.54, 1.807) is 11.9 Å². The maximum atomic E-state index is 12.6. The number of benzene rings is 1. The molecular weight excluding hydrogens is 382 g/mol. The van der Waals surface area contributed by atoms with Crippen molar-refractivity contribution in [1.29, 1.82) is 0 Å². The van der Waals surface area contributed by atoms with E-state index in [0.717, 1.165) is 29.4 Å². The van der Waals surface area contributed by atoms with Crippen LogP contribution in [0.2, 0.25) is 0 Å². The normalized spacial score (nSPS) is 11.7. The second-order valence-corrected chi connectivity index (χ2v) is 8.88. The van der Waals surface area contributed by atoms with Gasteiger partial charge in [-0.1, -0.05) is 6.07 Å². The molecule has 1 amide bonds. The fourth-order valence-corrected chi connectivity index (χ4v) is 3.12. The lowest BCUT2D eigenvalue weighted by molar-refractivity contribution is -0.154. The molecule has 0 spiro atoms. The van der Waals surface area contributed by atoms with Gasteiger partial charge in [0.1, 0.15) is 11.4 Å². The molecule has 0 fully saturated rings. The Kier molecular flexibility index (Phi) is 8.29. The molecule has 7 heteroatoms. The molecule has 30 heavy (non-hydrogen) atoms. The van der Waals surface area contributed by atoms with Crippen molar-refractivity contribution >= 4 is 23.0 Å². The molecule has 0 radical (unpaired) electrons. The Morgan fingerprint density at radius 2 is 1.80 bits per heavy atom. The summed E-state index contributed by atoms with van der Waals surface area (Å²) in [6.45, 7) is 6.98. The van der Waals surface area contributed by atoms with Gasteiger partial charge >= 0.3 is 12.1 Å². The zero-order chi connectivity index (χ0) is 22.3. The van der Waals surface area contributed by atoms with Crippen LogP contribution in [0.3, 0.4) is 0 Å². The second-order valence-electron chi connectivity index (χ2n) is 8.88. The van der Waals surface area contributed by atoms with Crippen LogP contribution >= 0.6 is 0 Å². The van der Waals surface area contributed by atoms with Crippen molar-refractivity contribution in [3.8, 4) is 5.75 Å². The van der Waals surface area contributed by atoms with Crippen LogP contribution in [0.15, 0.2) is 24.4 Å². The number of hydrogen-bond acceptors (Lipinski definition) is 5. The molecule has 2 rings (SSSR count). The van der Waals surface area contributed by atoms with Crippen LogP contribution in [0, 0.1) is 0 Å². The predicted molar refractivity (Wildman–Crippen MR) is 119 cm³/mol. The molecule has 7 nitrogen and oxygen atoms in total. The lowest BCUT2D eigenvalue weighted by atomic mass is 10.1. The number of rotatable bonds is 9. The molecule has 0 unspecified atom stereocenters. The number of likely N-dealkylation sites (N-methyl/N-ethyl adjacent to an activating group) is 1. The van der Waals surface area contributed by atoms with Gasteiger partial charge in [-0.05, 0) is 71.8 Å². The van der Waals surface area contributed by atoms with Crippen LogP contribution in [0.5, 0.6) is 5.75 Å². The fraction of sp³-hybridized carbons (Fsp3) is 0.565. The number of carbonyl (C=O) groups is 2. The van der Waals surface area contributed by atoms with Crippen LogP contribution in [0.1, 0.15) is 45.6 Å². The Bertz CT molecular complexity index is 852. The zero-order valence-electron chi connectivity index (χ0n) is 19.1. The minimum atomic E-state index is -0.470. The molecule has 0 aliphatic heterocycles. The number of ether oxygens (including phenoxy) is 2. The van der Waals surface area contributed by atoms with E-state index in [9.17, 15) is 9.59 Å². The van der Waals surface area contributed by atoms with Crippen molar-refractivity contribution in [1.82, 2.24) is 14.8 Å². The van der Waals surface area contributed by atoms with E-state index in [4.69, 9.17) is 9.47 Å². The zero-order valence-corrected chi connectivity index (χ0v) is 19.1. The smallest absolute Gasteiger partial charge is 0.414 e. The molecule has 1 aromatic heterocycles. The number of aromatic nitrogens is 1. The SMILES string of the molecule is CN(C)CCc1c[nH]c2cccc(OC(=O)N(C)CCCCC(=O)OC(C)(C)C)c12. The Labute approximate surface area is 179 Å². The van der Waals surface area contributed by atoms with Gasteiger partial charge in [0.05, 0.1) is 0 Å². The number of amides is 1. The third-order valence-electron chi connectivity index (χ3n) is 4.63. The van der Waals surface area contributed by atoms with Crippen LogP contribution in [0.25, 0.3) is 10.9 Å². The van der Waals surface area contributed by atoms with Gasteiger partial charge < -0.3 is 24.3 Å². The topological polar surface area (TPSA) is 74.9 Å². The first-order valence-corrected chi connectivity index (χ1v) is 10.5. The second kappa shape index (κ2) is 10.5. The third kappa shape index (κ3) is 7.37. The fourth-order valence-electron chi connectivity index (χ4n) is 3.12. The molecule has 0 atom stereocenters. The van der Waals surface area contributed by atoms with Gasteiger partial charge in [0.25, 0.3) is 0 Å². The van der Waals surface area contributed by atoms with Gasteiger partial charge in [0.2, 0.25) is 0 Å². The highest BCUT2D eigenvalue weighted by Crippen LogP contribution is 2.29. The van der Waals surface area contributed by atoms with E-state index >= 15 is 0 Å². The Balaban J connectivity index is 1.90. The number of H-pyrrole nitrogens is 1. The first kappa shape index (κ1) is 23.7. The number of nitrogens with zero attached hydrogens (tertiary/aromatic N) is 2. The molecule has 0 aliphatic rings. The number of fused-ring (bicyclic) bond motifs is 1. The van der Waals surface area contributed by atoms with E-state index in [2.05, 4.69) is 9.88 Å². The Morgan fingerprint density at radius 1 is 1.07 bits per heavy atom. The van der Waals surface area contributed by atoms with Crippen molar-refractivity contribution in [2.75, 3.05) is 34.2 Å². The lowest BCUT2D eigenvalue weighted by Crippen LogP contribution is -2.30. The highest BCUT2D eigenvalue weighted by molar-refractivity contribution is 5.91. The van der Waals surface area contributed by atoms with Gasteiger partial charge in [-0.2, -0.15) is 0 Å². The van der Waals surface area contributed by atoms with Crippen LogP contribution in [0.4, 0.5) is 4.79 Å². The number of unbranched alkanes of at least 4 members (excludes halogenated alkanes) is 1. The van der Waals surface area contributed by atoms with Crippen molar-refractivity contribution in [3.63, 3.8) is 0 Å². The molecule has 2 aromatic rings. The van der Waals surface area contributed by atoms with Gasteiger partial charge in [-0.25, -0.2) is 4.79 Å². The summed E-state index contributed by atoms with van der Waals surface area (Å²) in [6, 6.07) is 5.67. The minimum absolute atomic E-state index is 0.211. The standard InChI is InChI=1S/C23H35N3O4/c1-23(2,3)30-20(27)12-7-8-14-26(6)22(28)29-19-11-9-10-18-21(19)17(16-24-18)13-15-25(4)5/h9-11,16,24H,7-8,12-15H2,1-6H3. The van der Waals surface area contributed by atoms with Crippen molar-refractivity contribution in [2.45, 2.75) is 52.1 Å². The molecule has 0 bridgehead atoms. The van der Waals surface area contributed by atoms with E-state index < -0.39 is 11.7 Å². The molecule has 166 valence electrons. The maximum Gasteiger partial charge on any atom is 0.414 e. The van der Waals surface area contributed by atoms with Gasteiger partial charge in [0.15, 0.2) is 0 Å². The number of aromatic amines is 1. The van der Waals surface area contributed by atoms with E-state index in [1.165, 1.54) is 0 Å². The van der Waals surface area contributed by atoms with E-state index in [0.29, 0.717) is 31.6 Å². The quantitative estimate of drug-likeness (QED) is 0.489. The monoisotopic (exact) mass is 417 g/mol. The summed E-state index contributed by atoms with van der Waals surface area (Å²) >= 11 is 0. The predicted octanol–water partition coefficient (Wildman–Crippen LogP) is 4.21. The van der Waals surface area contributed by atoms with Crippen molar-refractivity contribution in [2.24, 2.45) is 0 Å². The summed E-state index contributed by atoms with van der Waals surface area (Å²) in [5.74, 6) is 0.352. The van der Waals surface area contributed by atoms with Crippen molar-refractivity contribution in [3.05, 3.63) is 30.0 Å². The summed E-state index contributed by atoms with van der Waals surface area (Å²) in [6.07, 6.45) is 4.15. The van der Waals surface area contributed by atoms with E-state index in [-0.39, 0.29) is 5.97 Å². The first-order chi connectivity index (χ1) is 14.1. The third-order valence-corrected chi connectivity index (χ3v) is 4.63. The maximum absolute atomic E-state index is 12.6. The number of carbonyl (C=O) groups excluding carboxylic acids is 2. The first-order valence-electron chi connectivity index (χ1n) is 10.5. The lowest BCUT2D eigenvalue weighted by Gasteiger charge is -2.20.